The van der Waals surface area contributed by atoms with Gasteiger partial charge in [-0.2, -0.15) is 0 Å². The van der Waals surface area contributed by atoms with E-state index in [-0.39, 0.29) is 0 Å². The van der Waals surface area contributed by atoms with E-state index >= 15 is 0 Å². The number of hydrogen-bond acceptors (Lipinski definition) is 5. The van der Waals surface area contributed by atoms with Crippen molar-refractivity contribution >= 4 is 11.6 Å². The van der Waals surface area contributed by atoms with E-state index in [0.29, 0.717) is 24.5 Å². The standard InChI is InChI=1S/C18H29N3O3/c1-14-16(21-10-8-20(2)9-11-21)7-6-15(18(19)22)17(14)24-13-5-4-12-23-3/h6-7H,4-5,8-13H2,1-3H3,(H2,19,22). The maximum Gasteiger partial charge on any atom is 0.252 e. The van der Waals surface area contributed by atoms with Crippen molar-refractivity contribution in [1.29, 1.82) is 0 Å². The first-order valence-electron chi connectivity index (χ1n) is 8.53. The summed E-state index contributed by atoms with van der Waals surface area (Å²) in [6, 6.07) is 3.77. The van der Waals surface area contributed by atoms with Crippen LogP contribution in [0.5, 0.6) is 5.75 Å². The van der Waals surface area contributed by atoms with Crippen molar-refractivity contribution in [1.82, 2.24) is 4.90 Å². The number of primary amides is 1. The Bertz CT molecular complexity index is 555. The van der Waals surface area contributed by atoms with Crippen LogP contribution in [0.1, 0.15) is 28.8 Å². The number of unbranched alkanes of at least 4 members (excludes halogenated alkanes) is 1. The van der Waals surface area contributed by atoms with Crippen LogP contribution in [0, 0.1) is 6.92 Å². The Kier molecular flexibility index (Phi) is 6.87. The summed E-state index contributed by atoms with van der Waals surface area (Å²) in [6.07, 6.45) is 1.81. The third kappa shape index (κ3) is 4.61. The number of benzene rings is 1. The Morgan fingerprint density at radius 1 is 1.17 bits per heavy atom. The SMILES string of the molecule is COCCCCOc1c(C(N)=O)ccc(N2CCN(C)CC2)c1C. The molecule has 0 unspecified atom stereocenters. The summed E-state index contributed by atoms with van der Waals surface area (Å²) in [5, 5.41) is 0. The molecule has 1 aromatic rings. The Balaban J connectivity index is 2.15. The number of methoxy groups -OCH3 is 1. The molecule has 0 radical (unpaired) electrons. The molecule has 0 saturated carbocycles. The molecule has 1 amide bonds. The number of carbonyl (C=O) groups is 1. The number of ether oxygens (including phenoxy) is 2. The van der Waals surface area contributed by atoms with Crippen molar-refractivity contribution in [2.24, 2.45) is 5.73 Å². The summed E-state index contributed by atoms with van der Waals surface area (Å²) in [5.41, 5.74) is 8.09. The van der Waals surface area contributed by atoms with Crippen LogP contribution in [0.25, 0.3) is 0 Å². The van der Waals surface area contributed by atoms with Crippen molar-refractivity contribution in [2.75, 3.05) is 58.5 Å². The van der Waals surface area contributed by atoms with Gasteiger partial charge >= 0.3 is 0 Å². The van der Waals surface area contributed by atoms with Gasteiger partial charge in [-0.05, 0) is 38.9 Å². The van der Waals surface area contributed by atoms with E-state index in [1.54, 1.807) is 13.2 Å². The Morgan fingerprint density at radius 3 is 2.46 bits per heavy atom. The van der Waals surface area contributed by atoms with Crippen LogP contribution in [-0.2, 0) is 4.74 Å². The van der Waals surface area contributed by atoms with Gasteiger partial charge in [-0.15, -0.1) is 0 Å². The molecule has 1 aromatic carbocycles. The molecule has 134 valence electrons. The first kappa shape index (κ1) is 18.5. The average molecular weight is 335 g/mol. The van der Waals surface area contributed by atoms with Crippen molar-refractivity contribution in [3.8, 4) is 5.75 Å². The van der Waals surface area contributed by atoms with E-state index in [0.717, 1.165) is 50.3 Å². The fraction of sp³-hybridized carbons (Fsp3) is 0.611. The molecule has 0 aromatic heterocycles. The molecule has 0 atom stereocenters. The predicted molar refractivity (Wildman–Crippen MR) is 96.0 cm³/mol. The number of nitrogens with zero attached hydrogens (tertiary/aromatic N) is 2. The minimum absolute atomic E-state index is 0.449. The van der Waals surface area contributed by atoms with Crippen molar-refractivity contribution in [3.63, 3.8) is 0 Å². The summed E-state index contributed by atoms with van der Waals surface area (Å²) < 4.78 is 11.0. The number of rotatable bonds is 8. The number of nitrogens with two attached hydrogens (primary N) is 1. The quantitative estimate of drug-likeness (QED) is 0.732. The lowest BCUT2D eigenvalue weighted by Crippen LogP contribution is -2.44. The highest BCUT2D eigenvalue weighted by molar-refractivity contribution is 5.97. The molecular formula is C18H29N3O3. The number of hydrogen-bond donors (Lipinski definition) is 1. The van der Waals surface area contributed by atoms with Gasteiger partial charge in [0.25, 0.3) is 5.91 Å². The highest BCUT2D eigenvalue weighted by atomic mass is 16.5. The summed E-state index contributed by atoms with van der Waals surface area (Å²) >= 11 is 0. The molecule has 6 nitrogen and oxygen atoms in total. The van der Waals surface area contributed by atoms with Crippen LogP contribution >= 0.6 is 0 Å². The maximum absolute atomic E-state index is 11.7. The number of anilines is 1. The highest BCUT2D eigenvalue weighted by Crippen LogP contribution is 2.33. The zero-order valence-electron chi connectivity index (χ0n) is 15.0. The molecule has 6 heteroatoms. The second-order valence-electron chi connectivity index (χ2n) is 6.29. The molecule has 0 bridgehead atoms. The van der Waals surface area contributed by atoms with Gasteiger partial charge in [0, 0.05) is 51.1 Å². The molecule has 1 heterocycles. The second kappa shape index (κ2) is 8.89. The average Bonchev–Trinajstić information content (AvgIpc) is 2.56. The van der Waals surface area contributed by atoms with Crippen LogP contribution in [0.3, 0.4) is 0 Å². The van der Waals surface area contributed by atoms with Crippen LogP contribution in [-0.4, -0.2) is 64.4 Å². The fourth-order valence-corrected chi connectivity index (χ4v) is 2.97. The second-order valence-corrected chi connectivity index (χ2v) is 6.29. The van der Waals surface area contributed by atoms with E-state index in [4.69, 9.17) is 15.2 Å². The van der Waals surface area contributed by atoms with Gasteiger partial charge in [0.2, 0.25) is 0 Å². The smallest absolute Gasteiger partial charge is 0.252 e. The topological polar surface area (TPSA) is 68.0 Å². The molecule has 2 N–H and O–H groups in total. The van der Waals surface area contributed by atoms with E-state index in [9.17, 15) is 4.79 Å². The van der Waals surface area contributed by atoms with Gasteiger partial charge in [-0.1, -0.05) is 0 Å². The third-order valence-corrected chi connectivity index (χ3v) is 4.48. The molecule has 1 saturated heterocycles. The first-order valence-corrected chi connectivity index (χ1v) is 8.53. The maximum atomic E-state index is 11.7. The number of likely N-dealkylation sites (N-methyl/N-ethyl adjacent to an activating group) is 1. The molecular weight excluding hydrogens is 306 g/mol. The first-order chi connectivity index (χ1) is 11.5. The number of carbonyl (C=O) groups excluding carboxylic acids is 1. The Labute approximate surface area is 144 Å². The monoisotopic (exact) mass is 335 g/mol. The molecule has 1 aliphatic heterocycles. The van der Waals surface area contributed by atoms with Gasteiger partial charge in [0.05, 0.1) is 12.2 Å². The van der Waals surface area contributed by atoms with Crippen LogP contribution in [0.4, 0.5) is 5.69 Å². The van der Waals surface area contributed by atoms with Gasteiger partial charge in [0.1, 0.15) is 5.75 Å². The molecule has 0 spiro atoms. The van der Waals surface area contributed by atoms with Crippen molar-refractivity contribution in [2.45, 2.75) is 19.8 Å². The third-order valence-electron chi connectivity index (χ3n) is 4.48. The lowest BCUT2D eigenvalue weighted by Gasteiger charge is -2.35. The molecule has 2 rings (SSSR count). The zero-order chi connectivity index (χ0) is 17.5. The van der Waals surface area contributed by atoms with E-state index in [1.807, 2.05) is 13.0 Å². The summed E-state index contributed by atoms with van der Waals surface area (Å²) in [4.78, 5) is 16.4. The summed E-state index contributed by atoms with van der Waals surface area (Å²) in [7, 11) is 3.82. The molecule has 24 heavy (non-hydrogen) atoms. The van der Waals surface area contributed by atoms with Crippen molar-refractivity contribution < 1.29 is 14.3 Å². The lowest BCUT2D eigenvalue weighted by atomic mass is 10.1. The minimum Gasteiger partial charge on any atom is -0.492 e. The number of piperazine rings is 1. The normalized spacial score (nSPS) is 15.5. The van der Waals surface area contributed by atoms with Crippen molar-refractivity contribution in [3.05, 3.63) is 23.3 Å². The van der Waals surface area contributed by atoms with Gasteiger partial charge in [-0.25, -0.2) is 0 Å². The molecule has 1 aliphatic rings. The van der Waals surface area contributed by atoms with E-state index in [1.165, 1.54) is 0 Å². The summed E-state index contributed by atoms with van der Waals surface area (Å²) in [5.74, 6) is 0.172. The van der Waals surface area contributed by atoms with Gasteiger partial charge in [-0.3, -0.25) is 4.79 Å². The largest absolute Gasteiger partial charge is 0.492 e. The number of amides is 1. The Morgan fingerprint density at radius 2 is 1.83 bits per heavy atom. The molecule has 1 fully saturated rings. The van der Waals surface area contributed by atoms with Gasteiger partial charge in [0.15, 0.2) is 0 Å². The fourth-order valence-electron chi connectivity index (χ4n) is 2.97. The lowest BCUT2D eigenvalue weighted by molar-refractivity contribution is 0.0996. The van der Waals surface area contributed by atoms with Crippen LogP contribution in [0.2, 0.25) is 0 Å². The van der Waals surface area contributed by atoms with E-state index < -0.39 is 5.91 Å². The predicted octanol–water partition coefficient (Wildman–Crippen LogP) is 1.65. The van der Waals surface area contributed by atoms with E-state index in [2.05, 4.69) is 16.8 Å². The van der Waals surface area contributed by atoms with Gasteiger partial charge < -0.3 is 25.0 Å². The molecule has 0 aliphatic carbocycles. The Hall–Kier alpha value is -1.79. The minimum atomic E-state index is -0.449. The highest BCUT2D eigenvalue weighted by Gasteiger charge is 2.21. The van der Waals surface area contributed by atoms with Crippen LogP contribution in [0.15, 0.2) is 12.1 Å². The summed E-state index contributed by atoms with van der Waals surface area (Å²) in [6.45, 7) is 7.28. The zero-order valence-corrected chi connectivity index (χ0v) is 15.0. The van der Waals surface area contributed by atoms with Crippen LogP contribution < -0.4 is 15.4 Å².